The Kier molecular flexibility index (Phi) is 5.65. The molecule has 1 aliphatic heterocycles. The third-order valence-corrected chi connectivity index (χ3v) is 2.90. The summed E-state index contributed by atoms with van der Waals surface area (Å²) in [6.45, 7) is 5.97. The molecule has 2 heteroatoms. The van der Waals surface area contributed by atoms with Gasteiger partial charge in [-0.2, -0.15) is 0 Å². The molecule has 0 atom stereocenters. The summed E-state index contributed by atoms with van der Waals surface area (Å²) in [6.07, 6.45) is 10.7. The van der Waals surface area contributed by atoms with Crippen molar-refractivity contribution in [3.05, 3.63) is 0 Å². The van der Waals surface area contributed by atoms with Gasteiger partial charge in [-0.1, -0.05) is 32.6 Å². The van der Waals surface area contributed by atoms with Crippen LogP contribution in [0.1, 0.15) is 45.4 Å². The average molecular weight is 197 g/mol. The Labute approximate surface area is 88.6 Å². The maximum Gasteiger partial charge on any atom is 0.234 e. The minimum Gasteiger partial charge on any atom is -0.267 e. The standard InChI is InChI=1S/C12H25N2/c1-3-4-5-6-7-8-9-14-11-10-13(2)12-14/h12H,3-11H2,1-2H3/q+1. The van der Waals surface area contributed by atoms with E-state index < -0.39 is 0 Å². The molecule has 0 saturated heterocycles. The van der Waals surface area contributed by atoms with Gasteiger partial charge < -0.3 is 0 Å². The molecule has 0 unspecified atom stereocenters. The molecular formula is C12H25N2+. The van der Waals surface area contributed by atoms with Crippen LogP contribution in [0.4, 0.5) is 0 Å². The Morgan fingerprint density at radius 3 is 2.50 bits per heavy atom. The van der Waals surface area contributed by atoms with Gasteiger partial charge >= 0.3 is 0 Å². The lowest BCUT2D eigenvalue weighted by molar-refractivity contribution is -0.514. The van der Waals surface area contributed by atoms with E-state index in [9.17, 15) is 0 Å². The number of unbranched alkanes of at least 4 members (excludes halogenated alkanes) is 5. The third kappa shape index (κ3) is 4.64. The second-order valence-corrected chi connectivity index (χ2v) is 4.40. The first-order chi connectivity index (χ1) is 6.83. The van der Waals surface area contributed by atoms with Crippen LogP contribution >= 0.6 is 0 Å². The van der Waals surface area contributed by atoms with Gasteiger partial charge in [0.1, 0.15) is 13.1 Å². The van der Waals surface area contributed by atoms with Crippen molar-refractivity contribution in [2.75, 3.05) is 26.7 Å². The molecule has 0 aromatic rings. The Bertz CT molecular complexity index is 175. The summed E-state index contributed by atoms with van der Waals surface area (Å²) < 4.78 is 2.44. The Balaban J connectivity index is 1.91. The molecule has 14 heavy (non-hydrogen) atoms. The molecule has 0 amide bonds. The molecule has 2 nitrogen and oxygen atoms in total. The first kappa shape index (κ1) is 11.5. The first-order valence-corrected chi connectivity index (χ1v) is 6.12. The van der Waals surface area contributed by atoms with Gasteiger partial charge in [-0.15, -0.1) is 0 Å². The van der Waals surface area contributed by atoms with E-state index in [4.69, 9.17) is 0 Å². The fraction of sp³-hybridized carbons (Fsp3) is 0.917. The molecular weight excluding hydrogens is 172 g/mol. The van der Waals surface area contributed by atoms with Crippen LogP contribution in [0.25, 0.3) is 0 Å². The SMILES string of the molecule is CCCCCCCC[N+]1=CN(C)CC1. The molecule has 0 spiro atoms. The summed E-state index contributed by atoms with van der Waals surface area (Å²) in [5.74, 6) is 0. The maximum atomic E-state index is 2.44. The van der Waals surface area contributed by atoms with E-state index in [0.717, 1.165) is 0 Å². The van der Waals surface area contributed by atoms with Crippen LogP contribution in [0, 0.1) is 0 Å². The minimum absolute atomic E-state index is 1.20. The number of nitrogens with zero attached hydrogens (tertiary/aromatic N) is 2. The van der Waals surface area contributed by atoms with Crippen LogP contribution in [-0.4, -0.2) is 42.5 Å². The summed E-state index contributed by atoms with van der Waals surface area (Å²) in [6, 6.07) is 0. The fourth-order valence-corrected chi connectivity index (χ4v) is 1.95. The molecule has 0 radical (unpaired) electrons. The van der Waals surface area contributed by atoms with Gasteiger partial charge in [0.05, 0.1) is 13.6 Å². The largest absolute Gasteiger partial charge is 0.267 e. The zero-order chi connectivity index (χ0) is 10.2. The van der Waals surface area contributed by atoms with Crippen LogP contribution in [0.15, 0.2) is 0 Å². The first-order valence-electron chi connectivity index (χ1n) is 6.12. The van der Waals surface area contributed by atoms with E-state index in [1.807, 2.05) is 0 Å². The van der Waals surface area contributed by atoms with Crippen LogP contribution in [-0.2, 0) is 0 Å². The summed E-state index contributed by atoms with van der Waals surface area (Å²) in [7, 11) is 2.15. The topological polar surface area (TPSA) is 6.25 Å². The van der Waals surface area contributed by atoms with Gasteiger partial charge in [0.25, 0.3) is 0 Å². The Morgan fingerprint density at radius 2 is 1.86 bits per heavy atom. The fourth-order valence-electron chi connectivity index (χ4n) is 1.95. The highest BCUT2D eigenvalue weighted by Gasteiger charge is 2.13. The molecule has 0 aromatic carbocycles. The normalized spacial score (nSPS) is 16.1. The molecule has 0 saturated carbocycles. The molecule has 0 fully saturated rings. The number of rotatable bonds is 7. The van der Waals surface area contributed by atoms with Gasteiger partial charge in [-0.3, -0.25) is 9.48 Å². The van der Waals surface area contributed by atoms with E-state index in [1.54, 1.807) is 0 Å². The number of hydrogen-bond donors (Lipinski definition) is 0. The lowest BCUT2D eigenvalue weighted by atomic mass is 10.1. The number of likely N-dealkylation sites (N-methyl/N-ethyl adjacent to an activating group) is 1. The highest BCUT2D eigenvalue weighted by Crippen LogP contribution is 2.05. The lowest BCUT2D eigenvalue weighted by Crippen LogP contribution is -2.11. The zero-order valence-corrected chi connectivity index (χ0v) is 9.84. The van der Waals surface area contributed by atoms with Gasteiger partial charge in [0.15, 0.2) is 0 Å². The van der Waals surface area contributed by atoms with Crippen molar-refractivity contribution in [1.82, 2.24) is 4.90 Å². The molecule has 1 heterocycles. The molecule has 0 N–H and O–H groups in total. The van der Waals surface area contributed by atoms with Crippen LogP contribution in [0.2, 0.25) is 0 Å². The smallest absolute Gasteiger partial charge is 0.234 e. The van der Waals surface area contributed by atoms with Crippen LogP contribution in [0.3, 0.4) is 0 Å². The van der Waals surface area contributed by atoms with Crippen LogP contribution < -0.4 is 0 Å². The molecule has 0 bridgehead atoms. The Hall–Kier alpha value is -0.530. The van der Waals surface area contributed by atoms with Gasteiger partial charge in [0, 0.05) is 0 Å². The van der Waals surface area contributed by atoms with Crippen molar-refractivity contribution < 1.29 is 4.58 Å². The van der Waals surface area contributed by atoms with Crippen molar-refractivity contribution in [3.63, 3.8) is 0 Å². The van der Waals surface area contributed by atoms with Crippen molar-refractivity contribution in [1.29, 1.82) is 0 Å². The predicted molar refractivity (Wildman–Crippen MR) is 62.1 cm³/mol. The number of hydrogen-bond acceptors (Lipinski definition) is 1. The summed E-state index contributed by atoms with van der Waals surface area (Å²) in [5, 5.41) is 0. The quantitative estimate of drug-likeness (QED) is 0.448. The van der Waals surface area contributed by atoms with E-state index in [1.165, 1.54) is 58.2 Å². The molecule has 1 aliphatic rings. The maximum absolute atomic E-state index is 2.44. The average Bonchev–Trinajstić information content (AvgIpc) is 2.58. The zero-order valence-electron chi connectivity index (χ0n) is 9.84. The minimum atomic E-state index is 1.20. The molecule has 0 aliphatic carbocycles. The van der Waals surface area contributed by atoms with E-state index in [2.05, 4.69) is 29.8 Å². The van der Waals surface area contributed by atoms with Crippen molar-refractivity contribution >= 4 is 6.34 Å². The molecule has 1 rings (SSSR count). The monoisotopic (exact) mass is 197 g/mol. The highest BCUT2D eigenvalue weighted by atomic mass is 15.2. The van der Waals surface area contributed by atoms with Crippen molar-refractivity contribution in [2.45, 2.75) is 45.4 Å². The second-order valence-electron chi connectivity index (χ2n) is 4.40. The van der Waals surface area contributed by atoms with Crippen molar-refractivity contribution in [3.8, 4) is 0 Å². The van der Waals surface area contributed by atoms with Crippen LogP contribution in [0.5, 0.6) is 0 Å². The van der Waals surface area contributed by atoms with E-state index >= 15 is 0 Å². The second kappa shape index (κ2) is 6.86. The summed E-state index contributed by atoms with van der Waals surface area (Å²) in [4.78, 5) is 2.27. The van der Waals surface area contributed by atoms with Gasteiger partial charge in [-0.05, 0) is 12.8 Å². The highest BCUT2D eigenvalue weighted by molar-refractivity contribution is 5.49. The lowest BCUT2D eigenvalue weighted by Gasteiger charge is -2.00. The summed E-state index contributed by atoms with van der Waals surface area (Å²) >= 11 is 0. The Morgan fingerprint density at radius 1 is 1.14 bits per heavy atom. The van der Waals surface area contributed by atoms with Gasteiger partial charge in [0.2, 0.25) is 6.34 Å². The van der Waals surface area contributed by atoms with Gasteiger partial charge in [-0.25, -0.2) is 0 Å². The molecule has 82 valence electrons. The predicted octanol–water partition coefficient (Wildman–Crippen LogP) is 2.33. The molecule has 0 aromatic heterocycles. The summed E-state index contributed by atoms with van der Waals surface area (Å²) in [5.41, 5.74) is 0. The van der Waals surface area contributed by atoms with Crippen molar-refractivity contribution in [2.24, 2.45) is 0 Å². The third-order valence-electron chi connectivity index (χ3n) is 2.90. The van der Waals surface area contributed by atoms with E-state index in [-0.39, 0.29) is 0 Å². The van der Waals surface area contributed by atoms with E-state index in [0.29, 0.717) is 0 Å².